The Kier molecular flexibility index (Phi) is 5.87. The highest BCUT2D eigenvalue weighted by Gasteiger charge is 2.03. The summed E-state index contributed by atoms with van der Waals surface area (Å²) in [6.07, 6.45) is 0. The van der Waals surface area contributed by atoms with E-state index < -0.39 is 0 Å². The summed E-state index contributed by atoms with van der Waals surface area (Å²) in [6.45, 7) is 4.00. The maximum absolute atomic E-state index is 5.29. The van der Waals surface area contributed by atoms with Crippen LogP contribution in [0.1, 0.15) is 13.8 Å². The minimum absolute atomic E-state index is 0.762. The van der Waals surface area contributed by atoms with Crippen LogP contribution in [0.3, 0.4) is 0 Å². The lowest BCUT2D eigenvalue weighted by atomic mass is 10.1. The maximum atomic E-state index is 5.29. The van der Waals surface area contributed by atoms with Crippen molar-refractivity contribution in [3.8, 4) is 11.5 Å². The van der Waals surface area contributed by atoms with Gasteiger partial charge in [0.1, 0.15) is 11.5 Å². The van der Waals surface area contributed by atoms with Gasteiger partial charge in [-0.1, -0.05) is 44.2 Å². The van der Waals surface area contributed by atoms with Gasteiger partial charge in [0.15, 0.2) is 0 Å². The molecule has 0 aromatic heterocycles. The zero-order valence-corrected chi connectivity index (χ0v) is 14.1. The molecule has 0 saturated carbocycles. The molecular weight excluding hydrogens is 286 g/mol. The number of hydrogen-bond donors (Lipinski definition) is 1. The molecule has 0 aliphatic carbocycles. The molecule has 23 heavy (non-hydrogen) atoms. The van der Waals surface area contributed by atoms with Crippen LogP contribution in [0, 0.1) is 0 Å². The quantitative estimate of drug-likeness (QED) is 0.678. The highest BCUT2D eigenvalue weighted by molar-refractivity contribution is 5.86. The van der Waals surface area contributed by atoms with Gasteiger partial charge in [-0.25, -0.2) is 0 Å². The summed E-state index contributed by atoms with van der Waals surface area (Å²) in [5.41, 5.74) is 1.96. The van der Waals surface area contributed by atoms with Gasteiger partial charge in [0.25, 0.3) is 0 Å². The van der Waals surface area contributed by atoms with Crippen molar-refractivity contribution in [3.05, 3.63) is 60.7 Å². The predicted octanol–water partition coefficient (Wildman–Crippen LogP) is 5.63. The third-order valence-corrected chi connectivity index (χ3v) is 3.39. The molecule has 1 N–H and O–H groups in total. The second-order valence-electron chi connectivity index (χ2n) is 4.79. The number of ether oxygens (including phenoxy) is 2. The molecule has 3 aromatic rings. The van der Waals surface area contributed by atoms with E-state index in [2.05, 4.69) is 35.6 Å². The number of benzene rings is 3. The van der Waals surface area contributed by atoms with Crippen LogP contribution in [0.5, 0.6) is 11.5 Å². The smallest absolute Gasteiger partial charge is 0.124 e. The largest absolute Gasteiger partial charge is 0.497 e. The lowest BCUT2D eigenvalue weighted by Crippen LogP contribution is -1.93. The molecule has 0 radical (unpaired) electrons. The van der Waals surface area contributed by atoms with E-state index in [-0.39, 0.29) is 0 Å². The number of hydrogen-bond acceptors (Lipinski definition) is 3. The molecule has 0 atom stereocenters. The zero-order chi connectivity index (χ0) is 16.7. The average Bonchev–Trinajstić information content (AvgIpc) is 2.63. The van der Waals surface area contributed by atoms with E-state index in [9.17, 15) is 0 Å². The highest BCUT2D eigenvalue weighted by Crippen LogP contribution is 2.29. The summed E-state index contributed by atoms with van der Waals surface area (Å²) < 4.78 is 10.6. The van der Waals surface area contributed by atoms with Crippen molar-refractivity contribution in [1.82, 2.24) is 0 Å². The van der Waals surface area contributed by atoms with E-state index in [1.807, 2.05) is 44.2 Å². The molecule has 120 valence electrons. The van der Waals surface area contributed by atoms with Gasteiger partial charge in [-0.3, -0.25) is 0 Å². The van der Waals surface area contributed by atoms with Gasteiger partial charge in [-0.2, -0.15) is 0 Å². The van der Waals surface area contributed by atoms with Gasteiger partial charge in [-0.05, 0) is 22.9 Å². The van der Waals surface area contributed by atoms with Gasteiger partial charge in [0, 0.05) is 29.6 Å². The molecule has 3 nitrogen and oxygen atoms in total. The van der Waals surface area contributed by atoms with Gasteiger partial charge in [-0.15, -0.1) is 0 Å². The summed E-state index contributed by atoms with van der Waals surface area (Å²) in [6, 6.07) is 20.3. The van der Waals surface area contributed by atoms with Crippen molar-refractivity contribution in [1.29, 1.82) is 0 Å². The van der Waals surface area contributed by atoms with Crippen molar-refractivity contribution in [3.63, 3.8) is 0 Å². The van der Waals surface area contributed by atoms with Crippen LogP contribution >= 0.6 is 0 Å². The summed E-state index contributed by atoms with van der Waals surface area (Å²) >= 11 is 0. The second-order valence-corrected chi connectivity index (χ2v) is 4.79. The SMILES string of the molecule is CC.COc1cc(Nc2ccc3ccccc3c2)cc(OC)c1. The normalized spacial score (nSPS) is 9.74. The first kappa shape index (κ1) is 16.7. The van der Waals surface area contributed by atoms with Crippen LogP contribution in [0.4, 0.5) is 11.4 Å². The van der Waals surface area contributed by atoms with Gasteiger partial charge < -0.3 is 14.8 Å². The Bertz CT molecular complexity index is 746. The van der Waals surface area contributed by atoms with Crippen LogP contribution in [-0.2, 0) is 0 Å². The lowest BCUT2D eigenvalue weighted by Gasteiger charge is -2.11. The Morgan fingerprint density at radius 1 is 0.652 bits per heavy atom. The Hall–Kier alpha value is -2.68. The molecule has 3 aromatic carbocycles. The predicted molar refractivity (Wildman–Crippen MR) is 98.1 cm³/mol. The van der Waals surface area contributed by atoms with E-state index in [4.69, 9.17) is 9.47 Å². The van der Waals surface area contributed by atoms with Crippen LogP contribution in [0.25, 0.3) is 10.8 Å². The second kappa shape index (κ2) is 8.08. The number of rotatable bonds is 4. The highest BCUT2D eigenvalue weighted by atomic mass is 16.5. The fraction of sp³-hybridized carbons (Fsp3) is 0.200. The molecule has 0 fully saturated rings. The first-order valence-electron chi connectivity index (χ1n) is 7.77. The van der Waals surface area contributed by atoms with E-state index in [1.54, 1.807) is 14.2 Å². The minimum atomic E-state index is 0.762. The molecule has 3 rings (SSSR count). The fourth-order valence-electron chi connectivity index (χ4n) is 2.31. The third kappa shape index (κ3) is 4.16. The van der Waals surface area contributed by atoms with Crippen molar-refractivity contribution >= 4 is 22.1 Å². The Labute approximate surface area is 137 Å². The zero-order valence-electron chi connectivity index (χ0n) is 14.1. The van der Waals surface area contributed by atoms with E-state index in [1.165, 1.54) is 10.8 Å². The first-order valence-corrected chi connectivity index (χ1v) is 7.77. The minimum Gasteiger partial charge on any atom is -0.497 e. The van der Waals surface area contributed by atoms with E-state index >= 15 is 0 Å². The van der Waals surface area contributed by atoms with Crippen molar-refractivity contribution in [2.24, 2.45) is 0 Å². The molecule has 0 heterocycles. The molecule has 0 unspecified atom stereocenters. The maximum Gasteiger partial charge on any atom is 0.124 e. The summed E-state index contributed by atoms with van der Waals surface area (Å²) in [5, 5.41) is 5.82. The Balaban J connectivity index is 0.000000924. The molecule has 0 bridgehead atoms. The summed E-state index contributed by atoms with van der Waals surface area (Å²) in [7, 11) is 3.29. The van der Waals surface area contributed by atoms with Crippen LogP contribution < -0.4 is 14.8 Å². The van der Waals surface area contributed by atoms with E-state index in [0.29, 0.717) is 0 Å². The Morgan fingerprint density at radius 3 is 1.87 bits per heavy atom. The first-order chi connectivity index (χ1) is 11.3. The monoisotopic (exact) mass is 309 g/mol. The molecule has 0 amide bonds. The molecule has 0 spiro atoms. The Morgan fingerprint density at radius 2 is 1.26 bits per heavy atom. The average molecular weight is 309 g/mol. The van der Waals surface area contributed by atoms with Crippen LogP contribution in [0.2, 0.25) is 0 Å². The van der Waals surface area contributed by atoms with Crippen LogP contribution in [0.15, 0.2) is 60.7 Å². The topological polar surface area (TPSA) is 30.5 Å². The molecule has 3 heteroatoms. The van der Waals surface area contributed by atoms with E-state index in [0.717, 1.165) is 22.9 Å². The summed E-state index contributed by atoms with van der Waals surface area (Å²) in [5.74, 6) is 1.52. The van der Waals surface area contributed by atoms with Crippen LogP contribution in [-0.4, -0.2) is 14.2 Å². The number of anilines is 2. The molecular formula is C20H23NO2. The molecule has 0 aliphatic rings. The molecule has 0 aliphatic heterocycles. The number of nitrogens with one attached hydrogen (secondary N) is 1. The van der Waals surface area contributed by atoms with Gasteiger partial charge in [0.2, 0.25) is 0 Å². The summed E-state index contributed by atoms with van der Waals surface area (Å²) in [4.78, 5) is 0. The van der Waals surface area contributed by atoms with Crippen molar-refractivity contribution < 1.29 is 9.47 Å². The van der Waals surface area contributed by atoms with Crippen molar-refractivity contribution in [2.45, 2.75) is 13.8 Å². The van der Waals surface area contributed by atoms with Crippen molar-refractivity contribution in [2.75, 3.05) is 19.5 Å². The standard InChI is InChI=1S/C18H17NO2.C2H6/c1-20-17-10-16(11-18(12-17)21-2)19-15-8-7-13-5-3-4-6-14(13)9-15;1-2/h3-12,19H,1-2H3;1-2H3. The third-order valence-electron chi connectivity index (χ3n) is 3.39. The molecule has 0 saturated heterocycles. The number of fused-ring (bicyclic) bond motifs is 1. The van der Waals surface area contributed by atoms with Gasteiger partial charge in [0.05, 0.1) is 14.2 Å². The number of methoxy groups -OCH3 is 2. The fourth-order valence-corrected chi connectivity index (χ4v) is 2.31. The van der Waals surface area contributed by atoms with Gasteiger partial charge >= 0.3 is 0 Å². The lowest BCUT2D eigenvalue weighted by molar-refractivity contribution is 0.395.